The molecule has 24 heavy (non-hydrogen) atoms. The van der Waals surface area contributed by atoms with Crippen LogP contribution in [0.1, 0.15) is 65.7 Å². The van der Waals surface area contributed by atoms with Crippen molar-refractivity contribution in [2.24, 2.45) is 11.8 Å². The molecule has 0 aliphatic carbocycles. The van der Waals surface area contributed by atoms with Crippen molar-refractivity contribution in [3.05, 3.63) is 0 Å². The van der Waals surface area contributed by atoms with Crippen molar-refractivity contribution in [3.63, 3.8) is 0 Å². The van der Waals surface area contributed by atoms with E-state index in [1.807, 2.05) is 9.80 Å². The third kappa shape index (κ3) is 5.67. The molecule has 2 rings (SSSR count). The highest BCUT2D eigenvalue weighted by Gasteiger charge is 2.31. The van der Waals surface area contributed by atoms with E-state index in [0.717, 1.165) is 57.5 Å². The molecule has 138 valence electrons. The Balaban J connectivity index is 1.67. The van der Waals surface area contributed by atoms with E-state index in [4.69, 9.17) is 0 Å². The van der Waals surface area contributed by atoms with Gasteiger partial charge in [0.15, 0.2) is 0 Å². The molecule has 0 radical (unpaired) electrons. The lowest BCUT2D eigenvalue weighted by Crippen LogP contribution is -2.49. The first-order chi connectivity index (χ1) is 11.5. The Morgan fingerprint density at radius 1 is 0.958 bits per heavy atom. The van der Waals surface area contributed by atoms with Gasteiger partial charge < -0.3 is 15.1 Å². The molecule has 5 nitrogen and oxygen atoms in total. The van der Waals surface area contributed by atoms with Crippen LogP contribution in [0.5, 0.6) is 0 Å². The second-order valence-electron chi connectivity index (χ2n) is 7.97. The van der Waals surface area contributed by atoms with Crippen LogP contribution < -0.4 is 5.32 Å². The summed E-state index contributed by atoms with van der Waals surface area (Å²) in [6, 6.07) is 0.263. The molecule has 0 aromatic heterocycles. The topological polar surface area (TPSA) is 52.7 Å². The van der Waals surface area contributed by atoms with Crippen molar-refractivity contribution < 1.29 is 9.59 Å². The third-order valence-electron chi connectivity index (χ3n) is 5.34. The predicted octanol–water partition coefficient (Wildman–Crippen LogP) is 3.25. The highest BCUT2D eigenvalue weighted by atomic mass is 16.2. The molecule has 2 heterocycles. The molecule has 0 aromatic carbocycles. The van der Waals surface area contributed by atoms with Crippen molar-refractivity contribution in [1.82, 2.24) is 15.1 Å². The maximum atomic E-state index is 12.4. The first-order valence-electron chi connectivity index (χ1n) is 9.81. The molecule has 2 aliphatic heterocycles. The number of amides is 3. The minimum absolute atomic E-state index is 0.0409. The van der Waals surface area contributed by atoms with Crippen molar-refractivity contribution in [2.75, 3.05) is 26.2 Å². The zero-order valence-corrected chi connectivity index (χ0v) is 15.7. The molecule has 0 spiro atoms. The number of urea groups is 1. The maximum Gasteiger partial charge on any atom is 0.317 e. The van der Waals surface area contributed by atoms with Crippen LogP contribution in [0.2, 0.25) is 0 Å². The summed E-state index contributed by atoms with van der Waals surface area (Å²) < 4.78 is 0. The standard InChI is InChI=1S/C19H35N3O2/c1-15(2)7-6-8-16(3)20-19(24)22-13-9-17(10-14-22)18(23)21-11-4-5-12-21/h15-17H,4-14H2,1-3H3,(H,20,24). The SMILES string of the molecule is CC(C)CCCC(C)NC(=O)N1CCC(C(=O)N2CCCC2)CC1. The number of hydrogen-bond acceptors (Lipinski definition) is 2. The van der Waals surface area contributed by atoms with Crippen molar-refractivity contribution >= 4 is 11.9 Å². The van der Waals surface area contributed by atoms with Gasteiger partial charge in [0, 0.05) is 38.1 Å². The summed E-state index contributed by atoms with van der Waals surface area (Å²) in [5.41, 5.74) is 0. The molecule has 3 amide bonds. The number of carbonyl (C=O) groups is 2. The number of piperidine rings is 1. The Hall–Kier alpha value is -1.26. The summed E-state index contributed by atoms with van der Waals surface area (Å²) in [6.07, 6.45) is 7.31. The summed E-state index contributed by atoms with van der Waals surface area (Å²) in [5, 5.41) is 3.11. The van der Waals surface area contributed by atoms with E-state index in [-0.39, 0.29) is 18.0 Å². The maximum absolute atomic E-state index is 12.4. The third-order valence-corrected chi connectivity index (χ3v) is 5.34. The van der Waals surface area contributed by atoms with Crippen molar-refractivity contribution in [3.8, 4) is 0 Å². The number of nitrogens with zero attached hydrogens (tertiary/aromatic N) is 2. The number of likely N-dealkylation sites (tertiary alicyclic amines) is 2. The second-order valence-corrected chi connectivity index (χ2v) is 7.97. The van der Waals surface area contributed by atoms with Crippen LogP contribution in [0, 0.1) is 11.8 Å². The minimum Gasteiger partial charge on any atom is -0.342 e. The summed E-state index contributed by atoms with van der Waals surface area (Å²) in [4.78, 5) is 28.7. The highest BCUT2D eigenvalue weighted by molar-refractivity contribution is 5.80. The average Bonchev–Trinajstić information content (AvgIpc) is 3.08. The van der Waals surface area contributed by atoms with Gasteiger partial charge in [-0.3, -0.25) is 4.79 Å². The van der Waals surface area contributed by atoms with E-state index in [0.29, 0.717) is 19.0 Å². The fourth-order valence-electron chi connectivity index (χ4n) is 3.73. The Kier molecular flexibility index (Phi) is 7.38. The molecular weight excluding hydrogens is 302 g/mol. The van der Waals surface area contributed by atoms with E-state index in [2.05, 4.69) is 26.1 Å². The first kappa shape index (κ1) is 19.1. The smallest absolute Gasteiger partial charge is 0.317 e. The first-order valence-corrected chi connectivity index (χ1v) is 9.81. The van der Waals surface area contributed by atoms with E-state index in [1.165, 1.54) is 6.42 Å². The van der Waals surface area contributed by atoms with Crippen LogP contribution in [0.15, 0.2) is 0 Å². The lowest BCUT2D eigenvalue weighted by molar-refractivity contribution is -0.135. The van der Waals surface area contributed by atoms with Gasteiger partial charge in [-0.2, -0.15) is 0 Å². The van der Waals surface area contributed by atoms with Crippen LogP contribution in [-0.2, 0) is 4.79 Å². The van der Waals surface area contributed by atoms with Gasteiger partial charge in [-0.25, -0.2) is 4.79 Å². The van der Waals surface area contributed by atoms with Crippen LogP contribution in [0.3, 0.4) is 0 Å². The van der Waals surface area contributed by atoms with Gasteiger partial charge >= 0.3 is 6.03 Å². The van der Waals surface area contributed by atoms with E-state index in [9.17, 15) is 9.59 Å². The lowest BCUT2D eigenvalue weighted by Gasteiger charge is -2.33. The lowest BCUT2D eigenvalue weighted by atomic mass is 9.95. The number of rotatable bonds is 6. The number of carbonyl (C=O) groups excluding carboxylic acids is 2. The predicted molar refractivity (Wildman–Crippen MR) is 96.8 cm³/mol. The summed E-state index contributed by atoms with van der Waals surface area (Å²) in [5.74, 6) is 1.16. The summed E-state index contributed by atoms with van der Waals surface area (Å²) >= 11 is 0. The van der Waals surface area contributed by atoms with Gasteiger partial charge in [-0.05, 0) is 44.9 Å². The number of nitrogens with one attached hydrogen (secondary N) is 1. The molecule has 2 saturated heterocycles. The Morgan fingerprint density at radius 3 is 2.17 bits per heavy atom. The van der Waals surface area contributed by atoms with E-state index >= 15 is 0 Å². The Bertz CT molecular complexity index is 411. The monoisotopic (exact) mass is 337 g/mol. The zero-order valence-electron chi connectivity index (χ0n) is 15.7. The molecule has 1 unspecified atom stereocenters. The molecular formula is C19H35N3O2. The van der Waals surface area contributed by atoms with Gasteiger partial charge in [0.05, 0.1) is 0 Å². The van der Waals surface area contributed by atoms with Gasteiger partial charge in [0.25, 0.3) is 0 Å². The molecule has 1 N–H and O–H groups in total. The largest absolute Gasteiger partial charge is 0.342 e. The summed E-state index contributed by atoms with van der Waals surface area (Å²) in [7, 11) is 0. The quantitative estimate of drug-likeness (QED) is 0.809. The molecule has 0 bridgehead atoms. The second kappa shape index (κ2) is 9.28. The van der Waals surface area contributed by atoms with Gasteiger partial charge in [-0.1, -0.05) is 26.7 Å². The summed E-state index contributed by atoms with van der Waals surface area (Å²) in [6.45, 7) is 9.81. The molecule has 5 heteroatoms. The van der Waals surface area contributed by atoms with E-state index in [1.54, 1.807) is 0 Å². The minimum atomic E-state index is 0.0409. The van der Waals surface area contributed by atoms with E-state index < -0.39 is 0 Å². The van der Waals surface area contributed by atoms with Gasteiger partial charge in [-0.15, -0.1) is 0 Å². The normalized spacial score (nSPS) is 20.5. The highest BCUT2D eigenvalue weighted by Crippen LogP contribution is 2.22. The molecule has 0 aromatic rings. The van der Waals surface area contributed by atoms with Crippen molar-refractivity contribution in [1.29, 1.82) is 0 Å². The molecule has 2 fully saturated rings. The van der Waals surface area contributed by atoms with Crippen LogP contribution >= 0.6 is 0 Å². The molecule has 1 atom stereocenters. The zero-order chi connectivity index (χ0) is 17.5. The van der Waals surface area contributed by atoms with Gasteiger partial charge in [0.2, 0.25) is 5.91 Å². The van der Waals surface area contributed by atoms with Crippen LogP contribution in [0.25, 0.3) is 0 Å². The van der Waals surface area contributed by atoms with Crippen molar-refractivity contribution in [2.45, 2.75) is 71.8 Å². The van der Waals surface area contributed by atoms with Crippen LogP contribution in [-0.4, -0.2) is 54.0 Å². The fourth-order valence-corrected chi connectivity index (χ4v) is 3.73. The molecule has 2 aliphatic rings. The molecule has 0 saturated carbocycles. The fraction of sp³-hybridized carbons (Fsp3) is 0.895. The number of hydrogen-bond donors (Lipinski definition) is 1. The van der Waals surface area contributed by atoms with Crippen LogP contribution in [0.4, 0.5) is 4.79 Å². The van der Waals surface area contributed by atoms with Gasteiger partial charge in [0.1, 0.15) is 0 Å². The Morgan fingerprint density at radius 2 is 1.58 bits per heavy atom. The Labute approximate surface area is 147 Å². The average molecular weight is 338 g/mol.